The molecule has 5 N–H and O–H groups in total. The Hall–Kier alpha value is -2.03. The predicted octanol–water partition coefficient (Wildman–Crippen LogP) is -1.09. The first-order valence-electron chi connectivity index (χ1n) is 6.17. The summed E-state index contributed by atoms with van der Waals surface area (Å²) in [6.45, 7) is 1.45. The van der Waals surface area contributed by atoms with Crippen molar-refractivity contribution in [3.8, 4) is 0 Å². The Bertz CT molecular complexity index is 696. The molecule has 2 aromatic rings. The molecule has 0 radical (unpaired) electrons. The number of hydrogen-bond acceptors (Lipinski definition) is 7. The number of fused-ring (bicyclic) bond motifs is 1. The van der Waals surface area contributed by atoms with Crippen molar-refractivity contribution in [2.75, 3.05) is 12.3 Å². The van der Waals surface area contributed by atoms with Crippen LogP contribution < -0.4 is 5.73 Å². The van der Waals surface area contributed by atoms with E-state index in [1.165, 1.54) is 6.33 Å². The topological polar surface area (TPSA) is 130 Å². The van der Waals surface area contributed by atoms with E-state index >= 15 is 0 Å². The van der Waals surface area contributed by atoms with Gasteiger partial charge >= 0.3 is 0 Å². The number of hydrogen-bond donors (Lipinski definition) is 4. The fraction of sp³-hybridized carbons (Fsp3) is 0.417. The lowest BCUT2D eigenvalue weighted by atomic mass is 10.1. The number of imidazole rings is 1. The Morgan fingerprint density at radius 3 is 2.75 bits per heavy atom. The van der Waals surface area contributed by atoms with Crippen molar-refractivity contribution in [3.05, 3.63) is 23.8 Å². The highest BCUT2D eigenvalue weighted by Gasteiger charge is 2.37. The number of anilines is 1. The van der Waals surface area contributed by atoms with E-state index in [0.717, 1.165) is 0 Å². The van der Waals surface area contributed by atoms with Gasteiger partial charge in [-0.05, 0) is 12.5 Å². The summed E-state index contributed by atoms with van der Waals surface area (Å²) in [7, 11) is 0. The van der Waals surface area contributed by atoms with Gasteiger partial charge in [0.25, 0.3) is 0 Å². The van der Waals surface area contributed by atoms with Crippen LogP contribution in [0.4, 0.5) is 5.82 Å². The molecule has 0 amide bonds. The summed E-state index contributed by atoms with van der Waals surface area (Å²) in [6.07, 6.45) is 0.788. The molecule has 3 atom stereocenters. The molecular formula is C12H15N5O3. The monoisotopic (exact) mass is 277 g/mol. The fourth-order valence-corrected chi connectivity index (χ4v) is 2.59. The quantitative estimate of drug-likeness (QED) is 0.513. The molecule has 2 aromatic heterocycles. The summed E-state index contributed by atoms with van der Waals surface area (Å²) in [5.74, 6) is 0.857. The van der Waals surface area contributed by atoms with Crippen molar-refractivity contribution >= 4 is 17.0 Å². The molecule has 8 heteroatoms. The number of aryl methyl sites for hydroxylation is 1. The maximum atomic E-state index is 10.1. The molecule has 0 fully saturated rings. The third-order valence-corrected chi connectivity index (χ3v) is 3.60. The number of aliphatic hydroxyl groups is 3. The number of nitrogens with zero attached hydrogens (tertiary/aromatic N) is 4. The summed E-state index contributed by atoms with van der Waals surface area (Å²) in [4.78, 5) is 12.3. The van der Waals surface area contributed by atoms with Crippen molar-refractivity contribution < 1.29 is 15.3 Å². The lowest BCUT2D eigenvalue weighted by Crippen LogP contribution is -2.30. The number of nitrogens with two attached hydrogens (primary N) is 1. The highest BCUT2D eigenvalue weighted by atomic mass is 16.3. The Labute approximate surface area is 114 Å². The van der Waals surface area contributed by atoms with Gasteiger partial charge in [0.2, 0.25) is 0 Å². The van der Waals surface area contributed by atoms with Crippen molar-refractivity contribution in [1.82, 2.24) is 19.5 Å². The SMILES string of the molecule is Cc1nc2c(N)ncnc2n1[C@@H]1C=C(CO)[C@@H](O)[C@H]1O. The van der Waals surface area contributed by atoms with Crippen LogP contribution in [-0.4, -0.2) is 53.7 Å². The van der Waals surface area contributed by atoms with Crippen LogP contribution in [0.3, 0.4) is 0 Å². The zero-order valence-electron chi connectivity index (χ0n) is 10.8. The number of aromatic nitrogens is 4. The van der Waals surface area contributed by atoms with E-state index in [1.807, 2.05) is 0 Å². The summed E-state index contributed by atoms with van der Waals surface area (Å²) in [5.41, 5.74) is 7.08. The van der Waals surface area contributed by atoms with Crippen LogP contribution in [0, 0.1) is 6.92 Å². The maximum Gasteiger partial charge on any atom is 0.166 e. The Morgan fingerprint density at radius 2 is 2.10 bits per heavy atom. The highest BCUT2D eigenvalue weighted by Crippen LogP contribution is 2.33. The largest absolute Gasteiger partial charge is 0.392 e. The van der Waals surface area contributed by atoms with E-state index in [4.69, 9.17) is 5.73 Å². The molecule has 0 aromatic carbocycles. The van der Waals surface area contributed by atoms with Gasteiger partial charge in [0.15, 0.2) is 17.0 Å². The predicted molar refractivity (Wildman–Crippen MR) is 70.7 cm³/mol. The second kappa shape index (κ2) is 4.51. The van der Waals surface area contributed by atoms with Crippen LogP contribution in [0.1, 0.15) is 11.9 Å². The van der Waals surface area contributed by atoms with Crippen LogP contribution in [0.5, 0.6) is 0 Å². The van der Waals surface area contributed by atoms with Gasteiger partial charge in [-0.1, -0.05) is 6.08 Å². The summed E-state index contributed by atoms with van der Waals surface area (Å²) < 4.78 is 1.68. The second-order valence-corrected chi connectivity index (χ2v) is 4.79. The van der Waals surface area contributed by atoms with Crippen molar-refractivity contribution in [2.45, 2.75) is 25.2 Å². The van der Waals surface area contributed by atoms with Gasteiger partial charge in [0.05, 0.1) is 12.6 Å². The van der Waals surface area contributed by atoms with E-state index < -0.39 is 18.2 Å². The van der Waals surface area contributed by atoms with Crippen molar-refractivity contribution in [3.63, 3.8) is 0 Å². The number of aliphatic hydroxyl groups excluding tert-OH is 3. The molecule has 0 saturated carbocycles. The van der Waals surface area contributed by atoms with Gasteiger partial charge in [-0.15, -0.1) is 0 Å². The third-order valence-electron chi connectivity index (χ3n) is 3.60. The molecule has 3 rings (SSSR count). The smallest absolute Gasteiger partial charge is 0.166 e. The average Bonchev–Trinajstić information content (AvgIpc) is 2.90. The van der Waals surface area contributed by atoms with E-state index in [1.54, 1.807) is 17.6 Å². The first kappa shape index (κ1) is 13.0. The van der Waals surface area contributed by atoms with E-state index in [2.05, 4.69) is 15.0 Å². The summed E-state index contributed by atoms with van der Waals surface area (Å²) in [6, 6.07) is -0.550. The Kier molecular flexibility index (Phi) is 2.93. The van der Waals surface area contributed by atoms with E-state index in [9.17, 15) is 15.3 Å². The Balaban J connectivity index is 2.18. The minimum absolute atomic E-state index is 0.260. The molecule has 0 unspecified atom stereocenters. The molecule has 0 bridgehead atoms. The normalized spacial score (nSPS) is 26.2. The van der Waals surface area contributed by atoms with Gasteiger partial charge in [0.1, 0.15) is 24.4 Å². The van der Waals surface area contributed by atoms with Crippen molar-refractivity contribution in [1.29, 1.82) is 0 Å². The van der Waals surface area contributed by atoms with Gasteiger partial charge < -0.3 is 25.6 Å². The molecule has 1 aliphatic carbocycles. The zero-order valence-corrected chi connectivity index (χ0v) is 10.8. The standard InChI is InChI=1S/C12H15N5O3/c1-5-16-8-11(13)14-4-15-12(8)17(5)7-2-6(3-18)9(19)10(7)20/h2,4,7,9-10,18-20H,3H2,1H3,(H2,13,14,15)/t7-,9-,10+/m1/s1. The zero-order chi connectivity index (χ0) is 14.4. The lowest BCUT2D eigenvalue weighted by molar-refractivity contribution is 0.0284. The Morgan fingerprint density at radius 1 is 1.35 bits per heavy atom. The molecule has 0 aliphatic heterocycles. The highest BCUT2D eigenvalue weighted by molar-refractivity contribution is 5.82. The molecule has 0 spiro atoms. The van der Waals surface area contributed by atoms with Crippen molar-refractivity contribution in [2.24, 2.45) is 0 Å². The molecule has 20 heavy (non-hydrogen) atoms. The van der Waals surface area contributed by atoms with Gasteiger partial charge in [-0.25, -0.2) is 15.0 Å². The number of rotatable bonds is 2. The third kappa shape index (κ3) is 1.69. The summed E-state index contributed by atoms with van der Waals surface area (Å²) in [5, 5.41) is 29.2. The fourth-order valence-electron chi connectivity index (χ4n) is 2.59. The van der Waals surface area contributed by atoms with Gasteiger partial charge in [-0.2, -0.15) is 0 Å². The average molecular weight is 277 g/mol. The van der Waals surface area contributed by atoms with Gasteiger partial charge in [0, 0.05) is 0 Å². The van der Waals surface area contributed by atoms with Crippen LogP contribution in [0.25, 0.3) is 11.2 Å². The first-order chi connectivity index (χ1) is 9.54. The van der Waals surface area contributed by atoms with E-state index in [-0.39, 0.29) is 12.4 Å². The first-order valence-corrected chi connectivity index (χ1v) is 6.17. The molecular weight excluding hydrogens is 262 g/mol. The van der Waals surface area contributed by atoms with Crippen LogP contribution in [0.15, 0.2) is 18.0 Å². The molecule has 8 nitrogen and oxygen atoms in total. The second-order valence-electron chi connectivity index (χ2n) is 4.79. The van der Waals surface area contributed by atoms with Crippen LogP contribution in [-0.2, 0) is 0 Å². The summed E-state index contributed by atoms with van der Waals surface area (Å²) >= 11 is 0. The minimum atomic E-state index is -1.10. The van der Waals surface area contributed by atoms with Crippen LogP contribution >= 0.6 is 0 Å². The molecule has 106 valence electrons. The molecule has 0 saturated heterocycles. The number of nitrogen functional groups attached to an aromatic ring is 1. The molecule has 2 heterocycles. The van der Waals surface area contributed by atoms with Crippen LogP contribution in [0.2, 0.25) is 0 Å². The maximum absolute atomic E-state index is 10.1. The lowest BCUT2D eigenvalue weighted by Gasteiger charge is -2.20. The van der Waals surface area contributed by atoms with E-state index in [0.29, 0.717) is 22.6 Å². The minimum Gasteiger partial charge on any atom is -0.392 e. The molecule has 1 aliphatic rings. The van der Waals surface area contributed by atoms with Gasteiger partial charge in [-0.3, -0.25) is 0 Å².